The maximum atomic E-state index is 12.3. The first-order chi connectivity index (χ1) is 9.40. The average Bonchev–Trinajstić information content (AvgIpc) is 2.45. The normalized spacial score (nSPS) is 13.0. The predicted molar refractivity (Wildman–Crippen MR) is 89.2 cm³/mol. The lowest BCUT2D eigenvalue weighted by Gasteiger charge is -2.25. The summed E-state index contributed by atoms with van der Waals surface area (Å²) in [6, 6.07) is 4.88. The summed E-state index contributed by atoms with van der Waals surface area (Å²) in [5.41, 5.74) is 6.85. The van der Waals surface area contributed by atoms with Crippen molar-refractivity contribution >= 4 is 29.9 Å². The monoisotopic (exact) mass is 334 g/mol. The molecule has 0 heterocycles. The van der Waals surface area contributed by atoms with Crippen molar-refractivity contribution in [1.82, 2.24) is 4.90 Å². The molecule has 0 fully saturated rings. The number of nitrogens with zero attached hydrogens (tertiary/aromatic N) is 1. The molecule has 6 heteroatoms. The molecule has 0 spiro atoms. The molecular weight excluding hydrogens is 311 g/mol. The number of rotatable bonds is 6. The number of hydrogen-bond donors (Lipinski definition) is 1. The molecule has 2 atom stereocenters. The van der Waals surface area contributed by atoms with Crippen LogP contribution < -0.4 is 10.5 Å². The van der Waals surface area contributed by atoms with E-state index in [1.807, 2.05) is 13.8 Å². The van der Waals surface area contributed by atoms with Crippen LogP contribution in [0.15, 0.2) is 18.2 Å². The quantitative estimate of drug-likeness (QED) is 0.869. The number of nitrogens with two attached hydrogens (primary N) is 1. The van der Waals surface area contributed by atoms with Crippen LogP contribution in [-0.2, 0) is 11.3 Å². The van der Waals surface area contributed by atoms with Gasteiger partial charge < -0.3 is 15.4 Å². The molecule has 120 valence electrons. The van der Waals surface area contributed by atoms with Gasteiger partial charge in [-0.1, -0.05) is 31.9 Å². The lowest BCUT2D eigenvalue weighted by atomic mass is 9.99. The summed E-state index contributed by atoms with van der Waals surface area (Å²) in [4.78, 5) is 13.9. The number of likely N-dealkylation sites (N-methyl/N-ethyl adjacent to an activating group) is 1. The summed E-state index contributed by atoms with van der Waals surface area (Å²) in [6.45, 7) is 4.43. The molecule has 4 nitrogen and oxygen atoms in total. The summed E-state index contributed by atoms with van der Waals surface area (Å²) >= 11 is 5.99. The molecule has 1 amide bonds. The Morgan fingerprint density at radius 2 is 2.10 bits per heavy atom. The van der Waals surface area contributed by atoms with Crippen molar-refractivity contribution in [2.45, 2.75) is 32.9 Å². The standard InChI is InChI=1S/C15H23ClN2O2.ClH/c1-5-10(2)14(17)15(19)18(3)9-11-8-12(16)6-7-13(11)20-4;/h6-8,10,14H,5,9,17H2,1-4H3;1H. The van der Waals surface area contributed by atoms with Gasteiger partial charge >= 0.3 is 0 Å². The molecule has 0 aliphatic heterocycles. The maximum Gasteiger partial charge on any atom is 0.239 e. The van der Waals surface area contributed by atoms with Crippen LogP contribution in [0.3, 0.4) is 0 Å². The molecular formula is C15H24Cl2N2O2. The molecule has 0 saturated heterocycles. The highest BCUT2D eigenvalue weighted by molar-refractivity contribution is 6.30. The van der Waals surface area contributed by atoms with E-state index < -0.39 is 6.04 Å². The van der Waals surface area contributed by atoms with Crippen LogP contribution in [0.25, 0.3) is 0 Å². The highest BCUT2D eigenvalue weighted by atomic mass is 35.5. The van der Waals surface area contributed by atoms with E-state index in [2.05, 4.69) is 0 Å². The van der Waals surface area contributed by atoms with Crippen molar-refractivity contribution in [2.24, 2.45) is 11.7 Å². The molecule has 0 aliphatic rings. The van der Waals surface area contributed by atoms with Crippen LogP contribution in [0.2, 0.25) is 5.02 Å². The first-order valence-corrected chi connectivity index (χ1v) is 7.11. The number of halogens is 2. The molecule has 2 unspecified atom stereocenters. The molecule has 0 aliphatic carbocycles. The van der Waals surface area contributed by atoms with E-state index in [1.54, 1.807) is 37.3 Å². The lowest BCUT2D eigenvalue weighted by molar-refractivity contribution is -0.132. The van der Waals surface area contributed by atoms with E-state index >= 15 is 0 Å². The Hall–Kier alpha value is -0.970. The van der Waals surface area contributed by atoms with Gasteiger partial charge in [-0.2, -0.15) is 0 Å². The van der Waals surface area contributed by atoms with Crippen LogP contribution >= 0.6 is 24.0 Å². The van der Waals surface area contributed by atoms with E-state index in [-0.39, 0.29) is 24.2 Å². The van der Waals surface area contributed by atoms with Crippen LogP contribution in [0.1, 0.15) is 25.8 Å². The molecule has 21 heavy (non-hydrogen) atoms. The topological polar surface area (TPSA) is 55.6 Å². The molecule has 2 N–H and O–H groups in total. The van der Waals surface area contributed by atoms with Crippen LogP contribution in [0.5, 0.6) is 5.75 Å². The number of carbonyl (C=O) groups excluding carboxylic acids is 1. The summed E-state index contributed by atoms with van der Waals surface area (Å²) < 4.78 is 5.28. The largest absolute Gasteiger partial charge is 0.496 e. The fourth-order valence-electron chi connectivity index (χ4n) is 1.96. The molecule has 0 aromatic heterocycles. The second-order valence-corrected chi connectivity index (χ2v) is 5.50. The van der Waals surface area contributed by atoms with Crippen molar-refractivity contribution in [1.29, 1.82) is 0 Å². The summed E-state index contributed by atoms with van der Waals surface area (Å²) in [7, 11) is 3.34. The van der Waals surface area contributed by atoms with Gasteiger partial charge in [0.25, 0.3) is 0 Å². The smallest absolute Gasteiger partial charge is 0.239 e. The third-order valence-corrected chi connectivity index (χ3v) is 3.80. The van der Waals surface area contributed by atoms with Crippen LogP contribution in [0.4, 0.5) is 0 Å². The Balaban J connectivity index is 0.00000400. The predicted octanol–water partition coefficient (Wildman–Crippen LogP) is 3.10. The van der Waals surface area contributed by atoms with Crippen LogP contribution in [-0.4, -0.2) is 31.0 Å². The third-order valence-electron chi connectivity index (χ3n) is 3.57. The zero-order chi connectivity index (χ0) is 15.3. The fourth-order valence-corrected chi connectivity index (χ4v) is 2.15. The molecule has 0 bridgehead atoms. The second-order valence-electron chi connectivity index (χ2n) is 5.06. The van der Waals surface area contributed by atoms with Crippen LogP contribution in [0, 0.1) is 5.92 Å². The number of hydrogen-bond acceptors (Lipinski definition) is 3. The minimum atomic E-state index is -0.477. The summed E-state index contributed by atoms with van der Waals surface area (Å²) in [6.07, 6.45) is 0.876. The molecule has 1 aromatic carbocycles. The van der Waals surface area contributed by atoms with E-state index in [4.69, 9.17) is 22.1 Å². The van der Waals surface area contributed by atoms with Gasteiger partial charge in [0.2, 0.25) is 5.91 Å². The number of ether oxygens (including phenoxy) is 1. The van der Waals surface area contributed by atoms with Gasteiger partial charge in [-0.15, -0.1) is 12.4 Å². The van der Waals surface area contributed by atoms with Gasteiger partial charge in [-0.25, -0.2) is 0 Å². The fraction of sp³-hybridized carbons (Fsp3) is 0.533. The average molecular weight is 335 g/mol. The number of benzene rings is 1. The van der Waals surface area contributed by atoms with Crippen molar-refractivity contribution in [3.63, 3.8) is 0 Å². The number of carbonyl (C=O) groups is 1. The zero-order valence-electron chi connectivity index (χ0n) is 12.9. The van der Waals surface area contributed by atoms with Crippen molar-refractivity contribution in [2.75, 3.05) is 14.2 Å². The van der Waals surface area contributed by atoms with Gasteiger partial charge in [0.15, 0.2) is 0 Å². The zero-order valence-corrected chi connectivity index (χ0v) is 14.5. The highest BCUT2D eigenvalue weighted by Gasteiger charge is 2.23. The lowest BCUT2D eigenvalue weighted by Crippen LogP contribution is -2.45. The van der Waals surface area contributed by atoms with Gasteiger partial charge in [0.05, 0.1) is 13.2 Å². The SMILES string of the molecule is CCC(C)C(N)C(=O)N(C)Cc1cc(Cl)ccc1OC.Cl. The van der Waals surface area contributed by atoms with Crippen molar-refractivity contribution in [3.8, 4) is 5.75 Å². The van der Waals surface area contributed by atoms with Gasteiger partial charge in [0.1, 0.15) is 5.75 Å². The third kappa shape index (κ3) is 5.38. The van der Waals surface area contributed by atoms with Gasteiger partial charge in [-0.3, -0.25) is 4.79 Å². The first-order valence-electron chi connectivity index (χ1n) is 6.73. The Morgan fingerprint density at radius 1 is 1.48 bits per heavy atom. The summed E-state index contributed by atoms with van der Waals surface area (Å²) in [5, 5.41) is 0.618. The molecule has 1 rings (SSSR count). The van der Waals surface area contributed by atoms with E-state index in [0.29, 0.717) is 17.3 Å². The van der Waals surface area contributed by atoms with Crippen molar-refractivity contribution in [3.05, 3.63) is 28.8 Å². The Labute approximate surface area is 138 Å². The Bertz CT molecular complexity index is 469. The molecule has 0 radical (unpaired) electrons. The first kappa shape index (κ1) is 20.0. The minimum absolute atomic E-state index is 0. The molecule has 1 aromatic rings. The Morgan fingerprint density at radius 3 is 2.62 bits per heavy atom. The number of methoxy groups -OCH3 is 1. The van der Waals surface area contributed by atoms with E-state index in [1.165, 1.54) is 0 Å². The number of amides is 1. The van der Waals surface area contributed by atoms with Gasteiger partial charge in [-0.05, 0) is 24.1 Å². The minimum Gasteiger partial charge on any atom is -0.496 e. The highest BCUT2D eigenvalue weighted by Crippen LogP contribution is 2.24. The second kappa shape index (κ2) is 9.13. The van der Waals surface area contributed by atoms with E-state index in [0.717, 1.165) is 12.0 Å². The van der Waals surface area contributed by atoms with E-state index in [9.17, 15) is 4.79 Å². The van der Waals surface area contributed by atoms with Gasteiger partial charge in [0, 0.05) is 24.2 Å². The summed E-state index contributed by atoms with van der Waals surface area (Å²) in [5.74, 6) is 0.804. The Kier molecular flexibility index (Phi) is 8.71. The maximum absolute atomic E-state index is 12.3. The van der Waals surface area contributed by atoms with Crippen molar-refractivity contribution < 1.29 is 9.53 Å². The molecule has 0 saturated carbocycles.